The molecule has 0 aromatic heterocycles. The first-order chi connectivity index (χ1) is 13.0. The van der Waals surface area contributed by atoms with Gasteiger partial charge in [0.25, 0.3) is 0 Å². The third-order valence-corrected chi connectivity index (χ3v) is 5.00. The number of carbonyl (C=O) groups is 2. The molecule has 4 rings (SSSR count). The Balaban J connectivity index is 1.99. The Kier molecular flexibility index (Phi) is 4.36. The average molecular weight is 367 g/mol. The summed E-state index contributed by atoms with van der Waals surface area (Å²) in [6.07, 6.45) is 1.64. The number of ether oxygens (including phenoxy) is 3. The van der Waals surface area contributed by atoms with Crippen molar-refractivity contribution < 1.29 is 23.8 Å². The molecule has 0 radical (unpaired) electrons. The SMILES string of the molecule is COc1ccc2c(c1OC(C)=O)-c1cc(OC(C)=O)cc3c1[C@H](C2)NCC3. The molecule has 0 unspecified atom stereocenters. The molecule has 1 aliphatic carbocycles. The predicted octanol–water partition coefficient (Wildman–Crippen LogP) is 2.96. The monoisotopic (exact) mass is 367 g/mol. The van der Waals surface area contributed by atoms with E-state index in [4.69, 9.17) is 14.2 Å². The van der Waals surface area contributed by atoms with Gasteiger partial charge in [-0.3, -0.25) is 9.59 Å². The number of methoxy groups -OCH3 is 1. The molecule has 2 aromatic rings. The van der Waals surface area contributed by atoms with Crippen molar-refractivity contribution in [3.63, 3.8) is 0 Å². The first-order valence-electron chi connectivity index (χ1n) is 8.95. The largest absolute Gasteiger partial charge is 0.493 e. The first kappa shape index (κ1) is 17.5. The number of nitrogens with one attached hydrogen (secondary N) is 1. The number of esters is 2. The number of fused-ring (bicyclic) bond motifs is 2. The van der Waals surface area contributed by atoms with Gasteiger partial charge in [-0.1, -0.05) is 6.07 Å². The Labute approximate surface area is 157 Å². The van der Waals surface area contributed by atoms with Crippen LogP contribution in [0.4, 0.5) is 0 Å². The van der Waals surface area contributed by atoms with Gasteiger partial charge in [-0.15, -0.1) is 0 Å². The lowest BCUT2D eigenvalue weighted by atomic mass is 9.77. The third-order valence-electron chi connectivity index (χ3n) is 5.00. The van der Waals surface area contributed by atoms with E-state index in [9.17, 15) is 9.59 Å². The van der Waals surface area contributed by atoms with E-state index in [1.807, 2.05) is 24.3 Å². The van der Waals surface area contributed by atoms with Crippen LogP contribution in [0.25, 0.3) is 11.1 Å². The average Bonchev–Trinajstić information content (AvgIpc) is 2.61. The molecule has 0 fully saturated rings. The summed E-state index contributed by atoms with van der Waals surface area (Å²) in [6, 6.07) is 7.79. The normalized spacial score (nSPS) is 16.8. The summed E-state index contributed by atoms with van der Waals surface area (Å²) in [5.41, 5.74) is 5.12. The molecule has 0 saturated heterocycles. The van der Waals surface area contributed by atoms with E-state index in [1.165, 1.54) is 19.4 Å². The zero-order valence-electron chi connectivity index (χ0n) is 15.5. The lowest BCUT2D eigenvalue weighted by Crippen LogP contribution is -2.34. The van der Waals surface area contributed by atoms with Gasteiger partial charge in [0.1, 0.15) is 5.75 Å². The highest BCUT2D eigenvalue weighted by Crippen LogP contribution is 2.50. The van der Waals surface area contributed by atoms with Gasteiger partial charge in [0.2, 0.25) is 0 Å². The minimum absolute atomic E-state index is 0.182. The topological polar surface area (TPSA) is 73.9 Å². The quantitative estimate of drug-likeness (QED) is 0.664. The van der Waals surface area contributed by atoms with Gasteiger partial charge in [-0.25, -0.2) is 0 Å². The minimum atomic E-state index is -0.410. The van der Waals surface area contributed by atoms with Crippen LogP contribution in [-0.2, 0) is 22.4 Å². The van der Waals surface area contributed by atoms with Crippen molar-refractivity contribution in [2.24, 2.45) is 0 Å². The van der Waals surface area contributed by atoms with E-state index in [0.29, 0.717) is 17.2 Å². The highest BCUT2D eigenvalue weighted by molar-refractivity contribution is 5.86. The van der Waals surface area contributed by atoms with Crippen LogP contribution < -0.4 is 19.5 Å². The van der Waals surface area contributed by atoms with Gasteiger partial charge in [0.15, 0.2) is 11.5 Å². The second-order valence-corrected chi connectivity index (χ2v) is 6.82. The fourth-order valence-electron chi connectivity index (χ4n) is 4.09. The molecule has 0 saturated carbocycles. The molecule has 0 bridgehead atoms. The molecule has 6 heteroatoms. The summed E-state index contributed by atoms with van der Waals surface area (Å²) in [7, 11) is 1.55. The minimum Gasteiger partial charge on any atom is -0.493 e. The van der Waals surface area contributed by atoms with Crippen molar-refractivity contribution in [1.82, 2.24) is 5.32 Å². The Morgan fingerprint density at radius 2 is 1.85 bits per heavy atom. The Bertz CT molecular complexity index is 950. The number of carbonyl (C=O) groups excluding carboxylic acids is 2. The summed E-state index contributed by atoms with van der Waals surface area (Å²) in [5.74, 6) is 0.634. The van der Waals surface area contributed by atoms with Crippen molar-refractivity contribution in [1.29, 1.82) is 0 Å². The Hall–Kier alpha value is -2.86. The van der Waals surface area contributed by atoms with Crippen molar-refractivity contribution in [2.45, 2.75) is 32.7 Å². The van der Waals surface area contributed by atoms with E-state index >= 15 is 0 Å². The van der Waals surface area contributed by atoms with Crippen LogP contribution in [0, 0.1) is 0 Å². The van der Waals surface area contributed by atoms with Crippen LogP contribution >= 0.6 is 0 Å². The zero-order valence-corrected chi connectivity index (χ0v) is 15.5. The van der Waals surface area contributed by atoms with Crippen LogP contribution in [-0.4, -0.2) is 25.6 Å². The third kappa shape index (κ3) is 3.06. The molecule has 2 aliphatic rings. The summed E-state index contributed by atoms with van der Waals surface area (Å²) in [5, 5.41) is 3.56. The van der Waals surface area contributed by atoms with Crippen molar-refractivity contribution in [2.75, 3.05) is 13.7 Å². The van der Waals surface area contributed by atoms with Crippen molar-refractivity contribution in [3.8, 4) is 28.4 Å². The second kappa shape index (κ2) is 6.70. The summed E-state index contributed by atoms with van der Waals surface area (Å²) < 4.78 is 16.4. The maximum Gasteiger partial charge on any atom is 0.308 e. The smallest absolute Gasteiger partial charge is 0.308 e. The molecule has 140 valence electrons. The van der Waals surface area contributed by atoms with Crippen LogP contribution in [0.5, 0.6) is 17.2 Å². The van der Waals surface area contributed by atoms with Crippen LogP contribution in [0.2, 0.25) is 0 Å². The predicted molar refractivity (Wildman–Crippen MR) is 99.2 cm³/mol. The lowest BCUT2D eigenvalue weighted by molar-refractivity contribution is -0.132. The lowest BCUT2D eigenvalue weighted by Gasteiger charge is -2.35. The van der Waals surface area contributed by atoms with Crippen molar-refractivity contribution >= 4 is 11.9 Å². The van der Waals surface area contributed by atoms with E-state index in [0.717, 1.165) is 41.6 Å². The Morgan fingerprint density at radius 3 is 2.56 bits per heavy atom. The molecule has 27 heavy (non-hydrogen) atoms. The van der Waals surface area contributed by atoms with Crippen molar-refractivity contribution in [3.05, 3.63) is 41.0 Å². The molecule has 0 amide bonds. The zero-order chi connectivity index (χ0) is 19.1. The van der Waals surface area contributed by atoms with Gasteiger partial charge in [0, 0.05) is 25.5 Å². The molecule has 6 nitrogen and oxygen atoms in total. The van der Waals surface area contributed by atoms with Crippen LogP contribution in [0.1, 0.15) is 36.6 Å². The van der Waals surface area contributed by atoms with Crippen LogP contribution in [0.3, 0.4) is 0 Å². The molecule has 2 aromatic carbocycles. The fourth-order valence-corrected chi connectivity index (χ4v) is 4.09. The van der Waals surface area contributed by atoms with Gasteiger partial charge >= 0.3 is 11.9 Å². The number of hydrogen-bond donors (Lipinski definition) is 1. The van der Waals surface area contributed by atoms with E-state index < -0.39 is 5.97 Å². The fraction of sp³-hybridized carbons (Fsp3) is 0.333. The number of benzene rings is 2. The molecular weight excluding hydrogens is 346 g/mol. The Morgan fingerprint density at radius 1 is 1.07 bits per heavy atom. The maximum absolute atomic E-state index is 11.7. The second-order valence-electron chi connectivity index (χ2n) is 6.82. The number of hydrogen-bond acceptors (Lipinski definition) is 6. The van der Waals surface area contributed by atoms with E-state index in [-0.39, 0.29) is 12.0 Å². The first-order valence-corrected chi connectivity index (χ1v) is 8.95. The summed E-state index contributed by atoms with van der Waals surface area (Å²) in [6.45, 7) is 3.62. The summed E-state index contributed by atoms with van der Waals surface area (Å²) in [4.78, 5) is 23.2. The standard InChI is InChI=1S/C21H21NO5/c1-11(23)26-15-8-14-6-7-22-17-9-13-4-5-18(25-3)21(27-12(2)24)20(13)16(10-15)19(14)17/h4-5,8,10,17,22H,6-7,9H2,1-3H3/t17-/m0/s1. The molecular formula is C21H21NO5. The highest BCUT2D eigenvalue weighted by Gasteiger charge is 2.33. The van der Waals surface area contributed by atoms with E-state index in [2.05, 4.69) is 5.32 Å². The highest BCUT2D eigenvalue weighted by atomic mass is 16.6. The molecule has 0 spiro atoms. The maximum atomic E-state index is 11.7. The van der Waals surface area contributed by atoms with Crippen LogP contribution in [0.15, 0.2) is 24.3 Å². The molecule has 1 atom stereocenters. The molecule has 1 heterocycles. The summed E-state index contributed by atoms with van der Waals surface area (Å²) >= 11 is 0. The molecule has 1 aliphatic heterocycles. The van der Waals surface area contributed by atoms with E-state index in [1.54, 1.807) is 7.11 Å². The number of rotatable bonds is 3. The van der Waals surface area contributed by atoms with Gasteiger partial charge in [0.05, 0.1) is 7.11 Å². The molecule has 1 N–H and O–H groups in total. The van der Waals surface area contributed by atoms with Gasteiger partial charge in [-0.05, 0) is 59.8 Å². The van der Waals surface area contributed by atoms with Gasteiger partial charge < -0.3 is 19.5 Å². The van der Waals surface area contributed by atoms with Gasteiger partial charge in [-0.2, -0.15) is 0 Å².